The molecule has 1 N–H and O–H groups in total. The van der Waals surface area contributed by atoms with Crippen LogP contribution in [-0.4, -0.2) is 17.0 Å². The van der Waals surface area contributed by atoms with Gasteiger partial charge in [0.25, 0.3) is 11.6 Å². The fourth-order valence-electron chi connectivity index (χ4n) is 4.19. The zero-order valence-corrected chi connectivity index (χ0v) is 19.7. The first-order chi connectivity index (χ1) is 17.1. The molecule has 0 spiro atoms. The van der Waals surface area contributed by atoms with Crippen molar-refractivity contribution < 1.29 is 14.1 Å². The molecule has 0 radical (unpaired) electrons. The predicted octanol–water partition coefficient (Wildman–Crippen LogP) is 6.48. The summed E-state index contributed by atoms with van der Waals surface area (Å²) in [5.74, 6) is 1.03. The second-order valence-corrected chi connectivity index (χ2v) is 9.41. The van der Waals surface area contributed by atoms with Crippen molar-refractivity contribution >= 4 is 34.1 Å². The van der Waals surface area contributed by atoms with Crippen molar-refractivity contribution in [1.29, 1.82) is 0 Å². The molecule has 0 aliphatic heterocycles. The Balaban J connectivity index is 1.37. The number of furan rings is 1. The lowest BCUT2D eigenvalue weighted by molar-refractivity contribution is -0.384. The third-order valence-corrected chi connectivity index (χ3v) is 7.17. The van der Waals surface area contributed by atoms with E-state index in [2.05, 4.69) is 10.3 Å². The number of carbonyl (C=O) groups excluding carboxylic acids is 1. The van der Waals surface area contributed by atoms with Crippen LogP contribution < -0.4 is 5.32 Å². The molecule has 0 fully saturated rings. The number of hydrogen-bond acceptors (Lipinski definition) is 6. The van der Waals surface area contributed by atoms with Gasteiger partial charge in [-0.3, -0.25) is 14.9 Å². The number of nitro groups is 1. The van der Waals surface area contributed by atoms with Gasteiger partial charge in [-0.2, -0.15) is 0 Å². The Morgan fingerprint density at radius 3 is 2.60 bits per heavy atom. The Bertz CT molecular complexity index is 1390. The summed E-state index contributed by atoms with van der Waals surface area (Å²) in [5.41, 5.74) is 3.60. The largest absolute Gasteiger partial charge is 0.455 e. The summed E-state index contributed by atoms with van der Waals surface area (Å²) < 4.78 is 5.88. The molecule has 0 atom stereocenters. The normalized spacial score (nSPS) is 13.0. The third kappa shape index (κ3) is 5.07. The van der Waals surface area contributed by atoms with Gasteiger partial charge in [0.15, 0.2) is 0 Å². The van der Waals surface area contributed by atoms with Gasteiger partial charge in [0, 0.05) is 29.1 Å². The van der Waals surface area contributed by atoms with Gasteiger partial charge in [-0.1, -0.05) is 30.3 Å². The molecule has 0 bridgehead atoms. The molecule has 2 aromatic heterocycles. The van der Waals surface area contributed by atoms with Gasteiger partial charge < -0.3 is 9.73 Å². The van der Waals surface area contributed by atoms with Crippen LogP contribution in [0.4, 0.5) is 10.7 Å². The minimum absolute atomic E-state index is 0.0295. The number of thiophene rings is 1. The standard InChI is InChI=1S/C27H23N3O4S/c31-26(28-16-18-6-2-1-3-7-18)25-22-8-4-5-9-24(22)35-27(25)29-17-21-14-15-23(34-21)19-10-12-20(13-11-19)30(32)33/h1-3,6-7,10-15,17H,4-5,8-9,16H2,(H,28,31). The second kappa shape index (κ2) is 10.1. The van der Waals surface area contributed by atoms with Gasteiger partial charge in [0.05, 0.1) is 16.7 Å². The van der Waals surface area contributed by atoms with Crippen LogP contribution in [0.2, 0.25) is 0 Å². The van der Waals surface area contributed by atoms with E-state index in [1.807, 2.05) is 30.3 Å². The van der Waals surface area contributed by atoms with Gasteiger partial charge >= 0.3 is 0 Å². The first kappa shape index (κ1) is 22.7. The average molecular weight is 486 g/mol. The lowest BCUT2D eigenvalue weighted by Gasteiger charge is -2.12. The molecule has 1 aliphatic carbocycles. The van der Waals surface area contributed by atoms with Crippen molar-refractivity contribution in [1.82, 2.24) is 5.32 Å². The van der Waals surface area contributed by atoms with Crippen LogP contribution in [0, 0.1) is 10.1 Å². The molecule has 0 unspecified atom stereocenters. The number of aliphatic imine (C=N–C) groups is 1. The molecular weight excluding hydrogens is 462 g/mol. The number of carbonyl (C=O) groups is 1. The number of nitrogens with zero attached hydrogens (tertiary/aromatic N) is 2. The number of fused-ring (bicyclic) bond motifs is 1. The highest BCUT2D eigenvalue weighted by atomic mass is 32.1. The van der Waals surface area contributed by atoms with Gasteiger partial charge in [0.2, 0.25) is 0 Å². The number of rotatable bonds is 7. The molecule has 1 amide bonds. The highest BCUT2D eigenvalue weighted by Gasteiger charge is 2.25. The van der Waals surface area contributed by atoms with Crippen molar-refractivity contribution in [3.63, 3.8) is 0 Å². The third-order valence-electron chi connectivity index (χ3n) is 5.97. The van der Waals surface area contributed by atoms with E-state index in [1.165, 1.54) is 17.0 Å². The van der Waals surface area contributed by atoms with Crippen LogP contribution in [0.3, 0.4) is 0 Å². The Kier molecular flexibility index (Phi) is 6.54. The topological polar surface area (TPSA) is 97.7 Å². The van der Waals surface area contributed by atoms with Gasteiger partial charge in [-0.15, -0.1) is 11.3 Å². The van der Waals surface area contributed by atoms with Crippen molar-refractivity contribution in [2.24, 2.45) is 4.99 Å². The lowest BCUT2D eigenvalue weighted by atomic mass is 9.95. The summed E-state index contributed by atoms with van der Waals surface area (Å²) in [4.78, 5) is 29.5. The SMILES string of the molecule is O=C(NCc1ccccc1)c1c(N=Cc2ccc(-c3ccc([N+](=O)[O-])cc3)o2)sc2c1CCCC2. The Morgan fingerprint density at radius 2 is 1.83 bits per heavy atom. The van der Waals surface area contributed by atoms with Crippen LogP contribution in [-0.2, 0) is 19.4 Å². The first-order valence-electron chi connectivity index (χ1n) is 11.4. The molecule has 35 heavy (non-hydrogen) atoms. The van der Waals surface area contributed by atoms with E-state index in [-0.39, 0.29) is 11.6 Å². The molecule has 1 aliphatic rings. The monoisotopic (exact) mass is 485 g/mol. The van der Waals surface area contributed by atoms with E-state index in [1.54, 1.807) is 41.8 Å². The average Bonchev–Trinajstić information content (AvgIpc) is 3.51. The minimum atomic E-state index is -0.432. The number of nitrogens with one attached hydrogen (secondary N) is 1. The molecule has 2 aromatic carbocycles. The summed E-state index contributed by atoms with van der Waals surface area (Å²) in [6.07, 6.45) is 5.68. The number of nitro benzene ring substituents is 1. The zero-order valence-electron chi connectivity index (χ0n) is 18.9. The zero-order chi connectivity index (χ0) is 24.2. The molecule has 0 saturated heterocycles. The molecule has 2 heterocycles. The maximum Gasteiger partial charge on any atom is 0.269 e. The highest BCUT2D eigenvalue weighted by molar-refractivity contribution is 7.16. The van der Waals surface area contributed by atoms with Crippen LogP contribution in [0.25, 0.3) is 11.3 Å². The number of amides is 1. The fraction of sp³-hybridized carbons (Fsp3) is 0.185. The fourth-order valence-corrected chi connectivity index (χ4v) is 5.42. The Hall–Kier alpha value is -4.04. The smallest absolute Gasteiger partial charge is 0.269 e. The summed E-state index contributed by atoms with van der Waals surface area (Å²) in [6, 6.07) is 19.6. The Labute approximate surface area is 206 Å². The quantitative estimate of drug-likeness (QED) is 0.184. The van der Waals surface area contributed by atoms with Crippen LogP contribution in [0.1, 0.15) is 45.0 Å². The molecule has 5 rings (SSSR count). The first-order valence-corrected chi connectivity index (χ1v) is 12.3. The molecule has 176 valence electrons. The molecule has 7 nitrogen and oxygen atoms in total. The number of benzene rings is 2. The van der Waals surface area contributed by atoms with E-state index in [0.29, 0.717) is 28.6 Å². The summed E-state index contributed by atoms with van der Waals surface area (Å²) in [5, 5.41) is 14.6. The lowest BCUT2D eigenvalue weighted by Crippen LogP contribution is -2.24. The predicted molar refractivity (Wildman–Crippen MR) is 137 cm³/mol. The van der Waals surface area contributed by atoms with Gasteiger partial charge in [-0.25, -0.2) is 4.99 Å². The summed E-state index contributed by atoms with van der Waals surface area (Å²) in [7, 11) is 0. The number of hydrogen-bond donors (Lipinski definition) is 1. The van der Waals surface area contributed by atoms with Gasteiger partial charge in [0.1, 0.15) is 16.5 Å². The van der Waals surface area contributed by atoms with Crippen molar-refractivity contribution in [3.8, 4) is 11.3 Å². The molecule has 0 saturated carbocycles. The second-order valence-electron chi connectivity index (χ2n) is 8.32. The van der Waals surface area contributed by atoms with Crippen LogP contribution >= 0.6 is 11.3 Å². The maximum absolute atomic E-state index is 13.2. The van der Waals surface area contributed by atoms with Crippen molar-refractivity contribution in [2.75, 3.05) is 0 Å². The van der Waals surface area contributed by atoms with Crippen molar-refractivity contribution in [2.45, 2.75) is 32.2 Å². The molecule has 8 heteroatoms. The molecule has 4 aromatic rings. The van der Waals surface area contributed by atoms with Crippen LogP contribution in [0.15, 0.2) is 76.1 Å². The minimum Gasteiger partial charge on any atom is -0.455 e. The van der Waals surface area contributed by atoms with Crippen molar-refractivity contribution in [3.05, 3.63) is 104 Å². The summed E-state index contributed by atoms with van der Waals surface area (Å²) in [6.45, 7) is 0.463. The maximum atomic E-state index is 13.2. The summed E-state index contributed by atoms with van der Waals surface area (Å²) >= 11 is 1.57. The van der Waals surface area contributed by atoms with E-state index in [4.69, 9.17) is 4.42 Å². The van der Waals surface area contributed by atoms with E-state index >= 15 is 0 Å². The Morgan fingerprint density at radius 1 is 1.06 bits per heavy atom. The number of non-ortho nitro benzene ring substituents is 1. The number of aryl methyl sites for hydroxylation is 1. The van der Waals surface area contributed by atoms with Gasteiger partial charge in [-0.05, 0) is 61.1 Å². The van der Waals surface area contributed by atoms with Crippen LogP contribution in [0.5, 0.6) is 0 Å². The van der Waals surface area contributed by atoms with E-state index in [0.717, 1.165) is 42.4 Å². The molecular formula is C27H23N3O4S. The highest BCUT2D eigenvalue weighted by Crippen LogP contribution is 2.40. The van der Waals surface area contributed by atoms with E-state index in [9.17, 15) is 14.9 Å². The van der Waals surface area contributed by atoms with E-state index < -0.39 is 4.92 Å².